The Morgan fingerprint density at radius 2 is 1.91 bits per heavy atom. The molecule has 1 atom stereocenters. The third-order valence-electron chi connectivity index (χ3n) is 1.08. The molecule has 0 saturated heterocycles. The Bertz CT molecular complexity index is 258. The van der Waals surface area contributed by atoms with E-state index in [4.69, 9.17) is 5.11 Å². The fraction of sp³-hybridized carbons (Fsp3) is 0.800. The summed E-state index contributed by atoms with van der Waals surface area (Å²) < 4.78 is 23.0. The molecule has 0 aromatic carbocycles. The first-order valence-corrected chi connectivity index (χ1v) is 4.01. The Morgan fingerprint density at radius 1 is 1.45 bits per heavy atom. The summed E-state index contributed by atoms with van der Waals surface area (Å²) in [5.74, 6) is -1.53. The molecule has 0 rings (SSSR count). The Hall–Kier alpha value is -0.910. The van der Waals surface area contributed by atoms with Crippen molar-refractivity contribution in [1.82, 2.24) is 0 Å². The van der Waals surface area contributed by atoms with Crippen molar-refractivity contribution in [3.05, 3.63) is 0 Å². The molecule has 0 heterocycles. The number of hydrogen-bond donors (Lipinski definition) is 1. The molecule has 11 heavy (non-hydrogen) atoms. The molecule has 0 fully saturated rings. The first-order chi connectivity index (χ1) is 4.95. The quantitative estimate of drug-likeness (QED) is 0.668. The molecule has 0 aliphatic rings. The average Bonchev–Trinajstić information content (AvgIpc) is 1.81. The van der Waals surface area contributed by atoms with Crippen molar-refractivity contribution in [2.24, 2.45) is 10.3 Å². The van der Waals surface area contributed by atoms with Crippen LogP contribution in [0.25, 0.3) is 0 Å². The lowest BCUT2D eigenvalue weighted by atomic mass is 10.1. The van der Waals surface area contributed by atoms with Gasteiger partial charge in [-0.25, -0.2) is 4.79 Å². The zero-order valence-electron chi connectivity index (χ0n) is 6.18. The van der Waals surface area contributed by atoms with Crippen LogP contribution < -0.4 is 0 Å². The summed E-state index contributed by atoms with van der Waals surface area (Å²) in [4.78, 5) is 10.3. The van der Waals surface area contributed by atoms with Crippen molar-refractivity contribution < 1.29 is 18.3 Å². The van der Waals surface area contributed by atoms with Gasteiger partial charge in [-0.1, -0.05) is 13.8 Å². The van der Waals surface area contributed by atoms with Crippen LogP contribution in [0.2, 0.25) is 0 Å². The maximum atomic E-state index is 10.3. The van der Waals surface area contributed by atoms with Crippen LogP contribution >= 0.6 is 0 Å². The van der Waals surface area contributed by atoms with Crippen LogP contribution in [-0.2, 0) is 15.3 Å². The van der Waals surface area contributed by atoms with Gasteiger partial charge in [0.1, 0.15) is 0 Å². The van der Waals surface area contributed by atoms with E-state index in [1.807, 2.05) is 0 Å². The molecule has 64 valence electrons. The van der Waals surface area contributed by atoms with Crippen LogP contribution in [0.3, 0.4) is 0 Å². The Balaban J connectivity index is 4.63. The highest BCUT2D eigenvalue weighted by atomic mass is 32.2. The van der Waals surface area contributed by atoms with Crippen LogP contribution in [0, 0.1) is 5.92 Å². The van der Waals surface area contributed by atoms with Crippen molar-refractivity contribution >= 4 is 16.5 Å². The predicted octanol–water partition coefficient (Wildman–Crippen LogP) is 0.158. The fourth-order valence-corrected chi connectivity index (χ4v) is 1.06. The normalized spacial score (nSPS) is 12.6. The number of nitrogens with zero attached hydrogens (tertiary/aromatic N) is 1. The summed E-state index contributed by atoms with van der Waals surface area (Å²) in [7, 11) is -2.64. The molecule has 0 saturated carbocycles. The van der Waals surface area contributed by atoms with Gasteiger partial charge in [0.25, 0.3) is 0 Å². The van der Waals surface area contributed by atoms with E-state index in [2.05, 4.69) is 4.36 Å². The summed E-state index contributed by atoms with van der Waals surface area (Å²) >= 11 is 0. The second-order valence-electron chi connectivity index (χ2n) is 2.35. The molecule has 5 nitrogen and oxygen atoms in total. The van der Waals surface area contributed by atoms with Gasteiger partial charge in [-0.3, -0.25) is 0 Å². The topological polar surface area (TPSA) is 83.8 Å². The molecule has 0 aliphatic carbocycles. The van der Waals surface area contributed by atoms with Crippen molar-refractivity contribution in [3.63, 3.8) is 0 Å². The maximum absolute atomic E-state index is 10.3. The zero-order valence-corrected chi connectivity index (χ0v) is 7.00. The highest BCUT2D eigenvalue weighted by Gasteiger charge is 2.20. The number of carboxylic acids is 1. The van der Waals surface area contributed by atoms with Gasteiger partial charge in [0.2, 0.25) is 0 Å². The Labute approximate surface area is 65.7 Å². The lowest BCUT2D eigenvalue weighted by Gasteiger charge is -2.06. The molecular formula is C5H9NO4S. The van der Waals surface area contributed by atoms with E-state index in [0.717, 1.165) is 0 Å². The Kier molecular flexibility index (Phi) is 3.73. The minimum atomic E-state index is -2.64. The van der Waals surface area contributed by atoms with Crippen molar-refractivity contribution in [2.75, 3.05) is 0 Å². The molecular weight excluding hydrogens is 170 g/mol. The van der Waals surface area contributed by atoms with Crippen LogP contribution in [0.5, 0.6) is 0 Å². The van der Waals surface area contributed by atoms with Crippen molar-refractivity contribution in [1.29, 1.82) is 0 Å². The van der Waals surface area contributed by atoms with Crippen LogP contribution in [0.4, 0.5) is 0 Å². The molecule has 0 bridgehead atoms. The van der Waals surface area contributed by atoms with E-state index in [1.165, 1.54) is 0 Å². The van der Waals surface area contributed by atoms with Gasteiger partial charge < -0.3 is 5.11 Å². The van der Waals surface area contributed by atoms with Gasteiger partial charge in [-0.15, -0.1) is 0 Å². The number of aliphatic carboxylic acids is 1. The highest BCUT2D eigenvalue weighted by molar-refractivity contribution is 7.61. The zero-order chi connectivity index (χ0) is 9.02. The largest absolute Gasteiger partial charge is 0.480 e. The summed E-state index contributed by atoms with van der Waals surface area (Å²) in [6.45, 7) is 3.18. The number of carboxylic acid groups (broad SMARTS) is 1. The molecule has 0 radical (unpaired) electrons. The summed E-state index contributed by atoms with van der Waals surface area (Å²) in [6.07, 6.45) is 0. The molecule has 0 aliphatic heterocycles. The van der Waals surface area contributed by atoms with Crippen LogP contribution in [0.1, 0.15) is 13.8 Å². The number of rotatable bonds is 3. The molecule has 6 heteroatoms. The standard InChI is InChI=1S/C5H9NO4S/c1-3(2)4(5(7)8)6-11(9)10/h3-4H,1-2H3,(H,7,8)/t4-/m0/s1. The fourth-order valence-electron chi connectivity index (χ4n) is 0.545. The molecule has 0 spiro atoms. The third-order valence-corrected chi connectivity index (χ3v) is 1.48. The average molecular weight is 179 g/mol. The summed E-state index contributed by atoms with van der Waals surface area (Å²) in [6, 6.07) is -1.16. The van der Waals surface area contributed by atoms with Crippen LogP contribution in [-0.4, -0.2) is 25.5 Å². The summed E-state index contributed by atoms with van der Waals surface area (Å²) in [5, 5.41) is 8.43. The number of carbonyl (C=O) groups is 1. The van der Waals surface area contributed by atoms with Gasteiger partial charge in [0.05, 0.1) is 0 Å². The van der Waals surface area contributed by atoms with Gasteiger partial charge in [0.15, 0.2) is 6.04 Å². The SMILES string of the molecule is CC(C)[C@H](N=S(=O)=O)C(=O)O. The van der Waals surface area contributed by atoms with E-state index in [-0.39, 0.29) is 5.92 Å². The van der Waals surface area contributed by atoms with Crippen molar-refractivity contribution in [3.8, 4) is 0 Å². The number of hydrogen-bond acceptors (Lipinski definition) is 4. The third kappa shape index (κ3) is 3.72. The van der Waals surface area contributed by atoms with Gasteiger partial charge in [-0.2, -0.15) is 12.8 Å². The van der Waals surface area contributed by atoms with E-state index in [9.17, 15) is 13.2 Å². The lowest BCUT2D eigenvalue weighted by Crippen LogP contribution is -2.23. The van der Waals surface area contributed by atoms with Gasteiger partial charge in [0, 0.05) is 0 Å². The smallest absolute Gasteiger partial charge is 0.329 e. The first-order valence-electron chi connectivity index (χ1n) is 2.98. The highest BCUT2D eigenvalue weighted by Crippen LogP contribution is 2.05. The molecule has 0 aromatic rings. The van der Waals surface area contributed by atoms with E-state index < -0.39 is 22.5 Å². The minimum absolute atomic E-state index is 0.314. The second-order valence-corrected chi connectivity index (χ2v) is 2.99. The molecule has 1 N–H and O–H groups in total. The first kappa shape index (κ1) is 10.1. The summed E-state index contributed by atoms with van der Waals surface area (Å²) in [5.41, 5.74) is 0. The second kappa shape index (κ2) is 4.07. The van der Waals surface area contributed by atoms with E-state index in [1.54, 1.807) is 13.8 Å². The maximum Gasteiger partial charge on any atom is 0.329 e. The molecule has 0 aromatic heterocycles. The van der Waals surface area contributed by atoms with E-state index in [0.29, 0.717) is 0 Å². The van der Waals surface area contributed by atoms with Crippen molar-refractivity contribution in [2.45, 2.75) is 19.9 Å². The molecule has 0 amide bonds. The monoisotopic (exact) mass is 179 g/mol. The minimum Gasteiger partial charge on any atom is -0.480 e. The Morgan fingerprint density at radius 3 is 2.00 bits per heavy atom. The molecule has 0 unspecified atom stereocenters. The van der Waals surface area contributed by atoms with E-state index >= 15 is 0 Å². The van der Waals surface area contributed by atoms with Gasteiger partial charge >= 0.3 is 16.5 Å². The lowest BCUT2D eigenvalue weighted by molar-refractivity contribution is -0.139. The van der Waals surface area contributed by atoms with Gasteiger partial charge in [-0.05, 0) is 5.92 Å². The predicted molar refractivity (Wildman–Crippen MR) is 37.6 cm³/mol. The van der Waals surface area contributed by atoms with Crippen LogP contribution in [0.15, 0.2) is 4.36 Å².